The number of hydrogen-bond acceptors (Lipinski definition) is 0. The van der Waals surface area contributed by atoms with E-state index in [2.05, 4.69) is 6.07 Å². The molecule has 0 aromatic heterocycles. The fourth-order valence-electron chi connectivity index (χ4n) is 0.663. The fraction of sp³-hybridized carbons (Fsp3) is 0. The standard InChI is InChI=1S/C6H5.C5H5.Cr/c1-2-4-6-5-3-1;1-2-4-5-3-1;/h1-5H;1-5H;/q2*-1;+2. The summed E-state index contributed by atoms with van der Waals surface area (Å²) >= 11 is 0. The molecule has 0 unspecified atom stereocenters. The Balaban J connectivity index is 0.000000189. The van der Waals surface area contributed by atoms with Crippen LogP contribution in [0.2, 0.25) is 0 Å². The largest absolute Gasteiger partial charge is 2.00 e. The van der Waals surface area contributed by atoms with Gasteiger partial charge in [-0.15, -0.1) is 0 Å². The average Bonchev–Trinajstić information content (AvgIpc) is 2.64. The summed E-state index contributed by atoms with van der Waals surface area (Å²) in [6, 6.07) is 22.5. The summed E-state index contributed by atoms with van der Waals surface area (Å²) in [4.78, 5) is 0. The Hall–Kier alpha value is -0.898. The second kappa shape index (κ2) is 8.20. The van der Waals surface area contributed by atoms with Crippen molar-refractivity contribution < 1.29 is 17.4 Å². The van der Waals surface area contributed by atoms with Crippen LogP contribution in [0.5, 0.6) is 0 Å². The van der Waals surface area contributed by atoms with Gasteiger partial charge in [-0.1, -0.05) is 0 Å². The molecule has 2 aromatic rings. The van der Waals surface area contributed by atoms with Crippen molar-refractivity contribution in [2.45, 2.75) is 0 Å². The van der Waals surface area contributed by atoms with Crippen molar-refractivity contribution in [1.29, 1.82) is 0 Å². The van der Waals surface area contributed by atoms with Gasteiger partial charge in [0, 0.05) is 0 Å². The molecule has 0 fully saturated rings. The van der Waals surface area contributed by atoms with E-state index >= 15 is 0 Å². The van der Waals surface area contributed by atoms with Crippen LogP contribution in [-0.2, 0) is 17.4 Å². The van der Waals surface area contributed by atoms with Crippen LogP contribution >= 0.6 is 0 Å². The smallest absolute Gasteiger partial charge is 0.214 e. The van der Waals surface area contributed by atoms with Crippen LogP contribution in [0.25, 0.3) is 0 Å². The zero-order chi connectivity index (χ0) is 7.78. The molecular formula is C11H10Cr. The van der Waals surface area contributed by atoms with Crippen LogP contribution in [0.15, 0.2) is 60.7 Å². The Bertz CT molecular complexity index is 191. The third-order valence-corrected chi connectivity index (χ3v) is 1.16. The molecule has 0 aliphatic carbocycles. The molecule has 0 aliphatic rings. The monoisotopic (exact) mass is 194 g/mol. The number of benzene rings is 1. The minimum Gasteiger partial charge on any atom is -0.214 e. The summed E-state index contributed by atoms with van der Waals surface area (Å²) in [5.41, 5.74) is 0. The molecule has 0 radical (unpaired) electrons. The Labute approximate surface area is 84.4 Å². The third kappa shape index (κ3) is 5.86. The van der Waals surface area contributed by atoms with Crippen molar-refractivity contribution in [3.8, 4) is 0 Å². The second-order valence-electron chi connectivity index (χ2n) is 2.04. The SMILES string of the molecule is [Cr+2].[c-]1ccccc1.c1cc[cH-]c1. The fourth-order valence-corrected chi connectivity index (χ4v) is 0.663. The van der Waals surface area contributed by atoms with E-state index < -0.39 is 0 Å². The van der Waals surface area contributed by atoms with Crippen molar-refractivity contribution in [2.75, 3.05) is 0 Å². The molecule has 0 bridgehead atoms. The first-order valence-electron chi connectivity index (χ1n) is 3.58. The molecule has 0 heterocycles. The number of hydrogen-bond donors (Lipinski definition) is 0. The average molecular weight is 194 g/mol. The van der Waals surface area contributed by atoms with E-state index in [9.17, 15) is 0 Å². The van der Waals surface area contributed by atoms with Crippen molar-refractivity contribution in [2.24, 2.45) is 0 Å². The van der Waals surface area contributed by atoms with Gasteiger partial charge in [-0.25, -0.2) is 12.1 Å². The van der Waals surface area contributed by atoms with E-state index in [1.165, 1.54) is 0 Å². The molecule has 1 heteroatoms. The predicted octanol–water partition coefficient (Wildman–Crippen LogP) is 2.89. The molecule has 2 rings (SSSR count). The zero-order valence-electron chi connectivity index (χ0n) is 6.68. The first-order valence-corrected chi connectivity index (χ1v) is 3.58. The van der Waals surface area contributed by atoms with E-state index in [4.69, 9.17) is 0 Å². The van der Waals surface area contributed by atoms with Crippen molar-refractivity contribution in [1.82, 2.24) is 0 Å². The van der Waals surface area contributed by atoms with E-state index in [-0.39, 0.29) is 17.4 Å². The Morgan fingerprint density at radius 3 is 1.50 bits per heavy atom. The topological polar surface area (TPSA) is 0 Å². The Morgan fingerprint density at radius 1 is 0.750 bits per heavy atom. The van der Waals surface area contributed by atoms with Crippen LogP contribution in [0.4, 0.5) is 0 Å². The quantitative estimate of drug-likeness (QED) is 0.566. The summed E-state index contributed by atoms with van der Waals surface area (Å²) in [6.45, 7) is 0. The van der Waals surface area contributed by atoms with E-state index in [0.717, 1.165) is 0 Å². The minimum absolute atomic E-state index is 0. The molecule has 0 aliphatic heterocycles. The van der Waals surface area contributed by atoms with Gasteiger partial charge < -0.3 is 0 Å². The van der Waals surface area contributed by atoms with Crippen molar-refractivity contribution >= 4 is 0 Å². The van der Waals surface area contributed by atoms with E-state index in [1.807, 2.05) is 60.7 Å². The molecule has 12 heavy (non-hydrogen) atoms. The van der Waals surface area contributed by atoms with Gasteiger partial charge in [0.2, 0.25) is 0 Å². The maximum absolute atomic E-state index is 2.89. The minimum atomic E-state index is 0. The Morgan fingerprint density at radius 2 is 1.33 bits per heavy atom. The summed E-state index contributed by atoms with van der Waals surface area (Å²) in [5, 5.41) is 0. The first-order chi connectivity index (χ1) is 5.50. The van der Waals surface area contributed by atoms with Crippen LogP contribution in [-0.4, -0.2) is 0 Å². The van der Waals surface area contributed by atoms with Crippen molar-refractivity contribution in [3.63, 3.8) is 0 Å². The normalized spacial score (nSPS) is 7.33. The molecule has 0 saturated carbocycles. The maximum atomic E-state index is 2.89. The second-order valence-corrected chi connectivity index (χ2v) is 2.04. The van der Waals surface area contributed by atoms with Crippen LogP contribution in [0, 0.1) is 6.07 Å². The molecule has 60 valence electrons. The summed E-state index contributed by atoms with van der Waals surface area (Å²) in [6.07, 6.45) is 0. The molecule has 0 saturated heterocycles. The summed E-state index contributed by atoms with van der Waals surface area (Å²) < 4.78 is 0. The summed E-state index contributed by atoms with van der Waals surface area (Å²) in [7, 11) is 0. The van der Waals surface area contributed by atoms with E-state index in [0.29, 0.717) is 0 Å². The Kier molecular flexibility index (Phi) is 7.59. The maximum Gasteiger partial charge on any atom is 2.00 e. The molecule has 0 N–H and O–H groups in total. The van der Waals surface area contributed by atoms with Gasteiger partial charge in [0.05, 0.1) is 0 Å². The molecule has 0 atom stereocenters. The van der Waals surface area contributed by atoms with Gasteiger partial charge in [-0.3, -0.25) is 0 Å². The zero-order valence-corrected chi connectivity index (χ0v) is 7.96. The number of rotatable bonds is 0. The van der Waals surface area contributed by atoms with Gasteiger partial charge in [0.15, 0.2) is 0 Å². The van der Waals surface area contributed by atoms with Crippen molar-refractivity contribution in [3.05, 3.63) is 66.7 Å². The van der Waals surface area contributed by atoms with Gasteiger partial charge in [0.1, 0.15) is 0 Å². The van der Waals surface area contributed by atoms with Gasteiger partial charge in [-0.2, -0.15) is 54.6 Å². The van der Waals surface area contributed by atoms with Crippen LogP contribution in [0.3, 0.4) is 0 Å². The molecule has 0 nitrogen and oxygen atoms in total. The molecular weight excluding hydrogens is 184 g/mol. The van der Waals surface area contributed by atoms with Crippen LogP contribution in [0.1, 0.15) is 0 Å². The van der Waals surface area contributed by atoms with Gasteiger partial charge in [-0.05, 0) is 0 Å². The summed E-state index contributed by atoms with van der Waals surface area (Å²) in [5.74, 6) is 0. The molecule has 0 spiro atoms. The van der Waals surface area contributed by atoms with Crippen LogP contribution < -0.4 is 0 Å². The molecule has 0 amide bonds. The first kappa shape index (κ1) is 11.1. The van der Waals surface area contributed by atoms with Gasteiger partial charge >= 0.3 is 17.4 Å². The molecule has 2 aromatic carbocycles. The predicted molar refractivity (Wildman–Crippen MR) is 47.3 cm³/mol. The van der Waals surface area contributed by atoms with E-state index in [1.54, 1.807) is 0 Å². The third-order valence-electron chi connectivity index (χ3n) is 1.16. The van der Waals surface area contributed by atoms with Gasteiger partial charge in [0.25, 0.3) is 0 Å².